The van der Waals surface area contributed by atoms with Crippen LogP contribution in [-0.4, -0.2) is 17.3 Å². The Hall–Kier alpha value is -0.0800. The molecule has 138 valence electrons. The van der Waals surface area contributed by atoms with E-state index in [2.05, 4.69) is 27.7 Å². The average Bonchev–Trinajstić information content (AvgIpc) is 2.82. The molecule has 2 heteroatoms. The van der Waals surface area contributed by atoms with Gasteiger partial charge in [-0.15, -0.1) is 0 Å². The van der Waals surface area contributed by atoms with Crippen molar-refractivity contribution in [2.75, 3.05) is 0 Å². The number of nitrogens with two attached hydrogens (primary N) is 1. The van der Waals surface area contributed by atoms with Crippen LogP contribution in [-0.2, 0) is 0 Å². The van der Waals surface area contributed by atoms with Gasteiger partial charge in [-0.3, -0.25) is 0 Å². The lowest BCUT2D eigenvalue weighted by Crippen LogP contribution is -2.59. The first-order chi connectivity index (χ1) is 11.2. The van der Waals surface area contributed by atoms with E-state index >= 15 is 0 Å². The van der Waals surface area contributed by atoms with E-state index in [9.17, 15) is 5.11 Å². The maximum absolute atomic E-state index is 11.1. The summed E-state index contributed by atoms with van der Waals surface area (Å²) in [6.07, 6.45) is 11.3. The fourth-order valence-corrected chi connectivity index (χ4v) is 8.27. The third-order valence-electron chi connectivity index (χ3n) is 10.3. The van der Waals surface area contributed by atoms with E-state index in [1.54, 1.807) is 0 Å². The third kappa shape index (κ3) is 2.08. The van der Waals surface area contributed by atoms with E-state index in [0.29, 0.717) is 28.2 Å². The van der Waals surface area contributed by atoms with Crippen LogP contribution >= 0.6 is 0 Å². The second-order valence-electron chi connectivity index (χ2n) is 10.7. The lowest BCUT2D eigenvalue weighted by atomic mass is 9.43. The minimum atomic E-state index is -0.113. The van der Waals surface area contributed by atoms with Crippen LogP contribution in [0.3, 0.4) is 0 Å². The van der Waals surface area contributed by atoms with Crippen LogP contribution in [0, 0.1) is 39.9 Å². The predicted molar refractivity (Wildman–Crippen MR) is 99.5 cm³/mol. The van der Waals surface area contributed by atoms with E-state index in [0.717, 1.165) is 37.0 Å². The molecule has 0 bridgehead atoms. The van der Waals surface area contributed by atoms with Crippen molar-refractivity contribution in [1.82, 2.24) is 0 Å². The van der Waals surface area contributed by atoms with Gasteiger partial charge in [0.2, 0.25) is 0 Å². The number of rotatable bonds is 1. The van der Waals surface area contributed by atoms with Crippen molar-refractivity contribution in [2.24, 2.45) is 45.7 Å². The van der Waals surface area contributed by atoms with Crippen molar-refractivity contribution in [3.8, 4) is 0 Å². The summed E-state index contributed by atoms with van der Waals surface area (Å²) in [5.74, 6) is 2.87. The summed E-state index contributed by atoms with van der Waals surface area (Å²) in [6, 6.07) is 0.318. The standard InChI is InChI=1S/C22H39NO/c1-5-20(2)9-7-17-15-13-19(24)18-12-14(23)6-10-21(18,3)16(15)8-11-22(17,20)4/h14-19,24H,5-13,23H2,1-4H3/t14-,15-,16+,17+,18?,19-,20+,21-,22+/m1/s1. The summed E-state index contributed by atoms with van der Waals surface area (Å²) in [6.45, 7) is 10.1. The molecule has 4 saturated carbocycles. The molecule has 1 unspecified atom stereocenters. The Morgan fingerprint density at radius 3 is 2.33 bits per heavy atom. The summed E-state index contributed by atoms with van der Waals surface area (Å²) < 4.78 is 0. The van der Waals surface area contributed by atoms with E-state index in [1.807, 2.05) is 0 Å². The lowest BCUT2D eigenvalue weighted by Gasteiger charge is -2.63. The molecule has 0 heterocycles. The number of aliphatic hydroxyl groups is 1. The molecular weight excluding hydrogens is 294 g/mol. The normalized spacial score (nSPS) is 60.2. The molecule has 4 fully saturated rings. The van der Waals surface area contributed by atoms with Gasteiger partial charge in [0.25, 0.3) is 0 Å². The highest BCUT2D eigenvalue weighted by Crippen LogP contribution is 2.70. The van der Waals surface area contributed by atoms with Crippen LogP contribution in [0.5, 0.6) is 0 Å². The second kappa shape index (κ2) is 5.46. The summed E-state index contributed by atoms with van der Waals surface area (Å²) in [7, 11) is 0. The van der Waals surface area contributed by atoms with E-state index in [-0.39, 0.29) is 6.10 Å². The van der Waals surface area contributed by atoms with Gasteiger partial charge in [-0.2, -0.15) is 0 Å². The molecule has 9 atom stereocenters. The highest BCUT2D eigenvalue weighted by molar-refractivity contribution is 5.13. The zero-order chi connectivity index (χ0) is 17.3. The fourth-order valence-electron chi connectivity index (χ4n) is 8.27. The van der Waals surface area contributed by atoms with Crippen molar-refractivity contribution < 1.29 is 5.11 Å². The van der Waals surface area contributed by atoms with Crippen molar-refractivity contribution in [3.05, 3.63) is 0 Å². The largest absolute Gasteiger partial charge is 0.393 e. The van der Waals surface area contributed by atoms with E-state index in [4.69, 9.17) is 5.73 Å². The fraction of sp³-hybridized carbons (Fsp3) is 1.00. The number of hydrogen-bond donors (Lipinski definition) is 2. The highest BCUT2D eigenvalue weighted by atomic mass is 16.3. The van der Waals surface area contributed by atoms with Crippen molar-refractivity contribution >= 4 is 0 Å². The van der Waals surface area contributed by atoms with Gasteiger partial charge >= 0.3 is 0 Å². The molecule has 0 aliphatic heterocycles. The zero-order valence-corrected chi connectivity index (χ0v) is 16.4. The first kappa shape index (κ1) is 17.3. The molecule has 2 nitrogen and oxygen atoms in total. The summed E-state index contributed by atoms with van der Waals surface area (Å²) in [5.41, 5.74) is 7.63. The minimum absolute atomic E-state index is 0.113. The van der Waals surface area contributed by atoms with E-state index < -0.39 is 0 Å². The third-order valence-corrected chi connectivity index (χ3v) is 10.3. The van der Waals surface area contributed by atoms with E-state index in [1.165, 1.54) is 38.5 Å². The Bertz CT molecular complexity index is 506. The van der Waals surface area contributed by atoms with Crippen molar-refractivity contribution in [1.29, 1.82) is 0 Å². The molecule has 4 rings (SSSR count). The Balaban J connectivity index is 1.67. The molecule has 4 aliphatic rings. The van der Waals surface area contributed by atoms with Gasteiger partial charge in [0, 0.05) is 6.04 Å². The highest BCUT2D eigenvalue weighted by Gasteiger charge is 2.64. The van der Waals surface area contributed by atoms with Crippen LogP contribution in [0.1, 0.15) is 85.5 Å². The number of aliphatic hydroxyl groups excluding tert-OH is 1. The Morgan fingerprint density at radius 2 is 1.62 bits per heavy atom. The Morgan fingerprint density at radius 1 is 0.917 bits per heavy atom. The van der Waals surface area contributed by atoms with Gasteiger partial charge in [-0.05, 0) is 91.3 Å². The van der Waals surface area contributed by atoms with Crippen LogP contribution < -0.4 is 5.73 Å². The first-order valence-corrected chi connectivity index (χ1v) is 10.7. The summed E-state index contributed by atoms with van der Waals surface area (Å²) in [4.78, 5) is 0. The lowest BCUT2D eigenvalue weighted by molar-refractivity contribution is -0.166. The smallest absolute Gasteiger partial charge is 0.0577 e. The topological polar surface area (TPSA) is 46.2 Å². The van der Waals surface area contributed by atoms with Crippen molar-refractivity contribution in [2.45, 2.75) is 97.6 Å². The van der Waals surface area contributed by atoms with Crippen LogP contribution in [0.25, 0.3) is 0 Å². The molecule has 4 aliphatic carbocycles. The zero-order valence-electron chi connectivity index (χ0n) is 16.4. The van der Waals surface area contributed by atoms with Gasteiger partial charge in [0.15, 0.2) is 0 Å². The second-order valence-corrected chi connectivity index (χ2v) is 10.7. The van der Waals surface area contributed by atoms with Gasteiger partial charge in [-0.25, -0.2) is 0 Å². The van der Waals surface area contributed by atoms with Crippen LogP contribution in [0.2, 0.25) is 0 Å². The van der Waals surface area contributed by atoms with Gasteiger partial charge in [-0.1, -0.05) is 34.1 Å². The molecule has 0 saturated heterocycles. The maximum Gasteiger partial charge on any atom is 0.0577 e. The molecule has 0 spiro atoms. The quantitative estimate of drug-likeness (QED) is 0.728. The van der Waals surface area contributed by atoms with Crippen LogP contribution in [0.15, 0.2) is 0 Å². The number of fused-ring (bicyclic) bond motifs is 5. The van der Waals surface area contributed by atoms with Gasteiger partial charge in [0.1, 0.15) is 0 Å². The molecule has 0 aromatic carbocycles. The monoisotopic (exact) mass is 333 g/mol. The van der Waals surface area contributed by atoms with Gasteiger partial charge in [0.05, 0.1) is 6.10 Å². The summed E-state index contributed by atoms with van der Waals surface area (Å²) >= 11 is 0. The average molecular weight is 334 g/mol. The number of hydrogen-bond acceptors (Lipinski definition) is 2. The van der Waals surface area contributed by atoms with Crippen LogP contribution in [0.4, 0.5) is 0 Å². The molecule has 0 amide bonds. The van der Waals surface area contributed by atoms with Gasteiger partial charge < -0.3 is 10.8 Å². The minimum Gasteiger partial charge on any atom is -0.393 e. The molecule has 0 aromatic rings. The van der Waals surface area contributed by atoms with Crippen molar-refractivity contribution in [3.63, 3.8) is 0 Å². The molecule has 0 radical (unpaired) electrons. The molecular formula is C22H39NO. The maximum atomic E-state index is 11.1. The SMILES string of the molecule is CC[C@@]1(C)CC[C@H]2[C@@H]3C[C@@H](O)C4C[C@H](N)CC[C@]4(C)[C@H]3CC[C@@]21C. The molecule has 3 N–H and O–H groups in total. The molecule has 24 heavy (non-hydrogen) atoms. The Labute approximate surface area is 149 Å². The first-order valence-electron chi connectivity index (χ1n) is 10.7. The Kier molecular flexibility index (Phi) is 3.94. The summed E-state index contributed by atoms with van der Waals surface area (Å²) in [5, 5.41) is 11.1. The molecule has 0 aromatic heterocycles. The predicted octanol–water partition coefficient (Wildman–Crippen LogP) is 4.74.